The van der Waals surface area contributed by atoms with Crippen LogP contribution in [-0.4, -0.2) is 30.1 Å². The number of hydrogen-bond donors (Lipinski definition) is 2. The van der Waals surface area contributed by atoms with Crippen LogP contribution in [0.15, 0.2) is 18.3 Å². The van der Waals surface area contributed by atoms with Crippen molar-refractivity contribution in [3.63, 3.8) is 0 Å². The van der Waals surface area contributed by atoms with Gasteiger partial charge >= 0.3 is 0 Å². The van der Waals surface area contributed by atoms with Gasteiger partial charge in [0.25, 0.3) is 6.47 Å². The van der Waals surface area contributed by atoms with E-state index in [0.29, 0.717) is 18.9 Å². The van der Waals surface area contributed by atoms with Crippen molar-refractivity contribution in [1.82, 2.24) is 10.3 Å². The molecule has 21 heavy (non-hydrogen) atoms. The summed E-state index contributed by atoms with van der Waals surface area (Å²) in [6.45, 7) is 8.73. The highest BCUT2D eigenvalue weighted by atomic mass is 16.5. The maximum Gasteiger partial charge on any atom is 0.293 e. The number of carbonyl (C=O) groups is 1. The second-order valence-corrected chi connectivity index (χ2v) is 6.10. The van der Waals surface area contributed by atoms with Crippen molar-refractivity contribution >= 4 is 6.47 Å². The van der Waals surface area contributed by atoms with Gasteiger partial charge in [-0.2, -0.15) is 0 Å². The highest BCUT2D eigenvalue weighted by molar-refractivity contribution is 5.37. The smallest absolute Gasteiger partial charge is 0.293 e. The molecular weight excluding hydrogens is 266 g/mol. The van der Waals surface area contributed by atoms with Gasteiger partial charge in [-0.25, -0.2) is 0 Å². The second-order valence-electron chi connectivity index (χ2n) is 6.10. The van der Waals surface area contributed by atoms with Crippen LogP contribution >= 0.6 is 0 Å². The topological polar surface area (TPSA) is 77.2 Å². The Kier molecular flexibility index (Phi) is 7.32. The average molecular weight is 293 g/mol. The molecule has 0 aromatic carbocycles. The Balaban J connectivity index is 0.000000270. The van der Waals surface area contributed by atoms with Crippen molar-refractivity contribution in [3.8, 4) is 0 Å². The molecule has 0 atom stereocenters. The van der Waals surface area contributed by atoms with E-state index in [0.717, 1.165) is 13.1 Å². The van der Waals surface area contributed by atoms with Gasteiger partial charge in [0.15, 0.2) is 0 Å². The first kappa shape index (κ1) is 17.6. The summed E-state index contributed by atoms with van der Waals surface area (Å²) < 4.78 is 4.55. The van der Waals surface area contributed by atoms with Gasteiger partial charge in [0.05, 0.1) is 0 Å². The zero-order valence-electron chi connectivity index (χ0n) is 13.3. The lowest BCUT2D eigenvalue weighted by Gasteiger charge is -2.23. The summed E-state index contributed by atoms with van der Waals surface area (Å²) in [5, 5.41) is 3.36. The molecule has 0 spiro atoms. The predicted molar refractivity (Wildman–Crippen MR) is 83.9 cm³/mol. The summed E-state index contributed by atoms with van der Waals surface area (Å²) in [6.07, 6.45) is 4.24. The van der Waals surface area contributed by atoms with E-state index in [-0.39, 0.29) is 5.60 Å². The third kappa shape index (κ3) is 6.69. The van der Waals surface area contributed by atoms with Gasteiger partial charge in [-0.15, -0.1) is 0 Å². The molecule has 1 saturated heterocycles. The van der Waals surface area contributed by atoms with Crippen LogP contribution < -0.4 is 11.1 Å². The van der Waals surface area contributed by atoms with E-state index in [9.17, 15) is 4.79 Å². The van der Waals surface area contributed by atoms with Gasteiger partial charge < -0.3 is 15.8 Å². The minimum atomic E-state index is -0.318. The van der Waals surface area contributed by atoms with E-state index in [1.54, 1.807) is 0 Å². The zero-order valence-corrected chi connectivity index (χ0v) is 13.3. The lowest BCUT2D eigenvalue weighted by Crippen LogP contribution is -2.27. The molecule has 1 aliphatic heterocycles. The fourth-order valence-electron chi connectivity index (χ4n) is 2.23. The summed E-state index contributed by atoms with van der Waals surface area (Å²) in [5.41, 5.74) is 7.81. The lowest BCUT2D eigenvalue weighted by atomic mass is 9.91. The predicted octanol–water partition coefficient (Wildman–Crippen LogP) is 1.97. The number of nitrogens with one attached hydrogen (secondary N) is 1. The number of nitrogens with two attached hydrogens (primary N) is 1. The monoisotopic (exact) mass is 293 g/mol. The second kappa shape index (κ2) is 8.74. The van der Waals surface area contributed by atoms with Crippen LogP contribution in [0, 0.1) is 0 Å². The van der Waals surface area contributed by atoms with Crippen LogP contribution in [0.4, 0.5) is 0 Å². The number of carbonyl (C=O) groups excluding carboxylic acids is 1. The molecule has 2 heterocycles. The Bertz CT molecular complexity index is 424. The first-order valence-corrected chi connectivity index (χ1v) is 7.44. The summed E-state index contributed by atoms with van der Waals surface area (Å²) >= 11 is 0. The summed E-state index contributed by atoms with van der Waals surface area (Å²) in [6, 6.07) is 4.05. The van der Waals surface area contributed by atoms with Crippen molar-refractivity contribution in [2.75, 3.05) is 13.1 Å². The largest absolute Gasteiger partial charge is 0.462 e. The van der Waals surface area contributed by atoms with E-state index < -0.39 is 0 Å². The lowest BCUT2D eigenvalue weighted by molar-refractivity contribution is -0.138. The molecule has 0 radical (unpaired) electrons. The van der Waals surface area contributed by atoms with Gasteiger partial charge in [0.2, 0.25) is 0 Å². The first-order valence-electron chi connectivity index (χ1n) is 7.44. The van der Waals surface area contributed by atoms with Crippen molar-refractivity contribution in [1.29, 1.82) is 0 Å². The Morgan fingerprint density at radius 3 is 2.57 bits per heavy atom. The molecule has 1 fully saturated rings. The van der Waals surface area contributed by atoms with Gasteiger partial charge in [-0.1, -0.05) is 6.07 Å². The maximum atomic E-state index is 9.60. The molecule has 1 aromatic heterocycles. The minimum Gasteiger partial charge on any atom is -0.462 e. The average Bonchev–Trinajstić information content (AvgIpc) is 2.47. The normalized spacial score (nSPS) is 15.8. The molecule has 5 heteroatoms. The fourth-order valence-corrected chi connectivity index (χ4v) is 2.23. The first-order chi connectivity index (χ1) is 9.98. The molecule has 3 N–H and O–H groups in total. The molecule has 1 aliphatic rings. The standard InChI is InChI=1S/C11H17N3.C5H10O2/c12-8-10-2-1-5-14-11(10)9-3-6-13-7-4-9;1-5(2,3)7-4-6/h1-2,5,9,13H,3-4,6-8,12H2;4H,1-3H3. The van der Waals surface area contributed by atoms with Crippen molar-refractivity contribution < 1.29 is 9.53 Å². The Morgan fingerprint density at radius 2 is 2.10 bits per heavy atom. The SMILES string of the molecule is CC(C)(C)OC=O.NCc1cccnc1C1CCNCC1. The molecule has 0 amide bonds. The molecule has 0 aliphatic carbocycles. The van der Waals surface area contributed by atoms with Gasteiger partial charge in [-0.3, -0.25) is 9.78 Å². The maximum absolute atomic E-state index is 9.60. The summed E-state index contributed by atoms with van der Waals surface area (Å²) in [4.78, 5) is 14.1. The van der Waals surface area contributed by atoms with Gasteiger partial charge in [0.1, 0.15) is 5.60 Å². The van der Waals surface area contributed by atoms with Crippen LogP contribution in [0.5, 0.6) is 0 Å². The summed E-state index contributed by atoms with van der Waals surface area (Å²) in [7, 11) is 0. The number of hydrogen-bond acceptors (Lipinski definition) is 5. The third-order valence-electron chi connectivity index (χ3n) is 3.27. The molecule has 118 valence electrons. The molecule has 0 saturated carbocycles. The zero-order chi connectivity index (χ0) is 15.7. The Hall–Kier alpha value is -1.46. The number of ether oxygens (including phenoxy) is 1. The van der Waals surface area contributed by atoms with Crippen LogP contribution in [0.3, 0.4) is 0 Å². The molecule has 5 nitrogen and oxygen atoms in total. The van der Waals surface area contributed by atoms with E-state index >= 15 is 0 Å². The van der Waals surface area contributed by atoms with E-state index in [2.05, 4.69) is 21.1 Å². The third-order valence-corrected chi connectivity index (χ3v) is 3.27. The highest BCUT2D eigenvalue weighted by Crippen LogP contribution is 2.25. The number of piperidine rings is 1. The molecule has 1 aromatic rings. The van der Waals surface area contributed by atoms with Crippen LogP contribution in [0.25, 0.3) is 0 Å². The van der Waals surface area contributed by atoms with Gasteiger partial charge in [0, 0.05) is 24.4 Å². The minimum absolute atomic E-state index is 0.318. The number of aromatic nitrogens is 1. The van der Waals surface area contributed by atoms with E-state index in [1.165, 1.54) is 24.1 Å². The number of pyridine rings is 1. The molecule has 2 rings (SSSR count). The van der Waals surface area contributed by atoms with Crippen molar-refractivity contribution in [2.45, 2.75) is 51.7 Å². The Labute approximate surface area is 127 Å². The van der Waals surface area contributed by atoms with E-state index in [1.807, 2.05) is 33.0 Å². The van der Waals surface area contributed by atoms with Crippen LogP contribution in [0.2, 0.25) is 0 Å². The van der Waals surface area contributed by atoms with E-state index in [4.69, 9.17) is 5.73 Å². The number of rotatable bonds is 3. The molecule has 0 bridgehead atoms. The van der Waals surface area contributed by atoms with Crippen LogP contribution in [0.1, 0.15) is 50.8 Å². The van der Waals surface area contributed by atoms with Crippen molar-refractivity contribution in [2.24, 2.45) is 5.73 Å². The quantitative estimate of drug-likeness (QED) is 0.833. The van der Waals surface area contributed by atoms with Gasteiger partial charge in [-0.05, 0) is 58.3 Å². The number of nitrogens with zero attached hydrogens (tertiary/aromatic N) is 1. The molecule has 0 unspecified atom stereocenters. The molecular formula is C16H27N3O2. The Morgan fingerprint density at radius 1 is 1.43 bits per heavy atom. The fraction of sp³-hybridized carbons (Fsp3) is 0.625. The van der Waals surface area contributed by atoms with Crippen LogP contribution in [-0.2, 0) is 16.1 Å². The van der Waals surface area contributed by atoms with Crippen molar-refractivity contribution in [3.05, 3.63) is 29.6 Å². The summed E-state index contributed by atoms with van der Waals surface area (Å²) in [5.74, 6) is 0.607. The highest BCUT2D eigenvalue weighted by Gasteiger charge is 2.18.